The fraction of sp³-hybridized carbons (Fsp3) is 0.500. The highest BCUT2D eigenvalue weighted by atomic mass is 79.9. The second-order valence-corrected chi connectivity index (χ2v) is 7.76. The number of methoxy groups -OCH3 is 1. The van der Waals surface area contributed by atoms with Crippen LogP contribution in [0.5, 0.6) is 0 Å². The normalized spacial score (nSPS) is 18.9. The highest BCUT2D eigenvalue weighted by Gasteiger charge is 2.43. The standard InChI is InChI=1S/C12H16BrNO3S/c1-12(2,8-17-3)14-7-9-6-10(13)4-5-11(9)18(14,15)16/h4-6H,7-8H2,1-3H3. The van der Waals surface area contributed by atoms with Crippen molar-refractivity contribution in [2.24, 2.45) is 0 Å². The van der Waals surface area contributed by atoms with Gasteiger partial charge in [-0.25, -0.2) is 8.42 Å². The minimum Gasteiger partial charge on any atom is -0.383 e. The van der Waals surface area contributed by atoms with E-state index in [4.69, 9.17) is 4.74 Å². The van der Waals surface area contributed by atoms with Gasteiger partial charge in [0, 0.05) is 18.1 Å². The maximum atomic E-state index is 12.5. The Bertz CT molecular complexity index is 569. The van der Waals surface area contributed by atoms with Crippen molar-refractivity contribution in [3.8, 4) is 0 Å². The summed E-state index contributed by atoms with van der Waals surface area (Å²) in [5, 5.41) is 0. The SMILES string of the molecule is COCC(C)(C)N1Cc2cc(Br)ccc2S1(=O)=O. The molecule has 0 saturated heterocycles. The molecule has 0 aliphatic carbocycles. The molecule has 1 aliphatic heterocycles. The second-order valence-electron chi connectivity index (χ2n) is 5.01. The van der Waals surface area contributed by atoms with Crippen LogP contribution in [0.25, 0.3) is 0 Å². The maximum Gasteiger partial charge on any atom is 0.244 e. The van der Waals surface area contributed by atoms with E-state index in [9.17, 15) is 8.42 Å². The van der Waals surface area contributed by atoms with E-state index in [0.717, 1.165) is 10.0 Å². The first-order valence-electron chi connectivity index (χ1n) is 5.59. The molecule has 0 amide bonds. The summed E-state index contributed by atoms with van der Waals surface area (Å²) in [7, 11) is -1.83. The van der Waals surface area contributed by atoms with E-state index in [0.29, 0.717) is 18.0 Å². The number of hydrogen-bond acceptors (Lipinski definition) is 3. The van der Waals surface area contributed by atoms with Crippen LogP contribution in [0.4, 0.5) is 0 Å². The number of halogens is 1. The zero-order valence-electron chi connectivity index (χ0n) is 10.6. The maximum absolute atomic E-state index is 12.5. The zero-order valence-corrected chi connectivity index (χ0v) is 13.0. The number of rotatable bonds is 3. The van der Waals surface area contributed by atoms with Crippen LogP contribution in [0.1, 0.15) is 19.4 Å². The van der Waals surface area contributed by atoms with Crippen molar-refractivity contribution in [1.82, 2.24) is 4.31 Å². The Balaban J connectivity index is 2.47. The Hall–Kier alpha value is -0.430. The molecule has 1 aromatic carbocycles. The summed E-state index contributed by atoms with van der Waals surface area (Å²) >= 11 is 3.37. The van der Waals surface area contributed by atoms with Gasteiger partial charge in [0.2, 0.25) is 10.0 Å². The van der Waals surface area contributed by atoms with E-state index in [1.165, 1.54) is 4.31 Å². The molecule has 4 nitrogen and oxygen atoms in total. The van der Waals surface area contributed by atoms with Crippen LogP contribution in [0, 0.1) is 0 Å². The Morgan fingerprint density at radius 2 is 2.11 bits per heavy atom. The lowest BCUT2D eigenvalue weighted by atomic mass is 10.1. The van der Waals surface area contributed by atoms with Crippen molar-refractivity contribution in [1.29, 1.82) is 0 Å². The van der Waals surface area contributed by atoms with Crippen molar-refractivity contribution >= 4 is 26.0 Å². The number of nitrogens with zero attached hydrogens (tertiary/aromatic N) is 1. The van der Waals surface area contributed by atoms with Gasteiger partial charge >= 0.3 is 0 Å². The molecule has 0 bridgehead atoms. The third-order valence-electron chi connectivity index (χ3n) is 3.08. The summed E-state index contributed by atoms with van der Waals surface area (Å²) < 4.78 is 32.5. The average molecular weight is 334 g/mol. The van der Waals surface area contributed by atoms with E-state index in [1.807, 2.05) is 19.9 Å². The predicted molar refractivity (Wildman–Crippen MR) is 72.8 cm³/mol. The molecule has 1 aromatic rings. The lowest BCUT2D eigenvalue weighted by Gasteiger charge is -2.33. The lowest BCUT2D eigenvalue weighted by molar-refractivity contribution is 0.0819. The molecule has 6 heteroatoms. The van der Waals surface area contributed by atoms with Crippen molar-refractivity contribution in [3.05, 3.63) is 28.2 Å². The molecule has 2 rings (SSSR count). The van der Waals surface area contributed by atoms with Gasteiger partial charge in [0.05, 0.1) is 17.0 Å². The van der Waals surface area contributed by atoms with Crippen molar-refractivity contribution in [2.75, 3.05) is 13.7 Å². The van der Waals surface area contributed by atoms with E-state index in [2.05, 4.69) is 15.9 Å². The van der Waals surface area contributed by atoms with Gasteiger partial charge in [-0.1, -0.05) is 15.9 Å². The number of fused-ring (bicyclic) bond motifs is 1. The van der Waals surface area contributed by atoms with Gasteiger partial charge in [-0.15, -0.1) is 0 Å². The van der Waals surface area contributed by atoms with Crippen LogP contribution < -0.4 is 0 Å². The summed E-state index contributed by atoms with van der Waals surface area (Å²) in [6.07, 6.45) is 0. The topological polar surface area (TPSA) is 46.6 Å². The molecule has 1 aliphatic rings. The Morgan fingerprint density at radius 1 is 1.44 bits per heavy atom. The van der Waals surface area contributed by atoms with Gasteiger partial charge in [0.25, 0.3) is 0 Å². The Morgan fingerprint density at radius 3 is 2.72 bits per heavy atom. The fourth-order valence-corrected chi connectivity index (χ4v) is 4.60. The summed E-state index contributed by atoms with van der Waals surface area (Å²) in [6, 6.07) is 5.26. The molecule has 1 heterocycles. The first kappa shape index (κ1) is 14.0. The minimum atomic E-state index is -3.41. The molecule has 0 radical (unpaired) electrons. The number of ether oxygens (including phenoxy) is 1. The van der Waals surface area contributed by atoms with Crippen molar-refractivity contribution < 1.29 is 13.2 Å². The summed E-state index contributed by atoms with van der Waals surface area (Å²) in [5.41, 5.74) is 0.271. The average Bonchev–Trinajstić information content (AvgIpc) is 2.50. The van der Waals surface area contributed by atoms with Crippen LogP contribution in [-0.2, 0) is 21.3 Å². The molecule has 0 saturated carbocycles. The first-order chi connectivity index (χ1) is 8.29. The Kier molecular flexibility index (Phi) is 3.57. The van der Waals surface area contributed by atoms with Crippen LogP contribution >= 0.6 is 15.9 Å². The van der Waals surface area contributed by atoms with E-state index >= 15 is 0 Å². The van der Waals surface area contributed by atoms with E-state index in [1.54, 1.807) is 19.2 Å². The molecule has 0 spiro atoms. The summed E-state index contributed by atoms with van der Waals surface area (Å²) in [5.74, 6) is 0. The highest BCUT2D eigenvalue weighted by Crippen LogP contribution is 2.36. The molecule has 0 atom stereocenters. The molecule has 18 heavy (non-hydrogen) atoms. The third-order valence-corrected chi connectivity index (χ3v) is 5.73. The molecule has 100 valence electrons. The summed E-state index contributed by atoms with van der Waals surface area (Å²) in [4.78, 5) is 0.398. The van der Waals surface area contributed by atoms with E-state index < -0.39 is 15.6 Å². The minimum absolute atomic E-state index is 0.362. The van der Waals surface area contributed by atoms with Gasteiger partial charge in [0.15, 0.2) is 0 Å². The summed E-state index contributed by atoms with van der Waals surface area (Å²) in [6.45, 7) is 4.50. The van der Waals surface area contributed by atoms with Gasteiger partial charge in [-0.3, -0.25) is 0 Å². The molecule has 0 aromatic heterocycles. The van der Waals surface area contributed by atoms with Crippen molar-refractivity contribution in [3.63, 3.8) is 0 Å². The highest BCUT2D eigenvalue weighted by molar-refractivity contribution is 9.10. The number of benzene rings is 1. The molecular weight excluding hydrogens is 318 g/mol. The van der Waals surface area contributed by atoms with Crippen LogP contribution in [0.3, 0.4) is 0 Å². The monoisotopic (exact) mass is 333 g/mol. The number of sulfonamides is 1. The Labute approximate surface area is 116 Å². The first-order valence-corrected chi connectivity index (χ1v) is 7.82. The lowest BCUT2D eigenvalue weighted by Crippen LogP contribution is -2.47. The van der Waals surface area contributed by atoms with Crippen LogP contribution in [-0.4, -0.2) is 32.0 Å². The van der Waals surface area contributed by atoms with Gasteiger partial charge < -0.3 is 4.74 Å². The van der Waals surface area contributed by atoms with Crippen LogP contribution in [0.2, 0.25) is 0 Å². The molecule has 0 N–H and O–H groups in total. The quantitative estimate of drug-likeness (QED) is 0.853. The largest absolute Gasteiger partial charge is 0.383 e. The van der Waals surface area contributed by atoms with Gasteiger partial charge in [-0.2, -0.15) is 4.31 Å². The van der Waals surface area contributed by atoms with E-state index in [-0.39, 0.29) is 0 Å². The third kappa shape index (κ3) is 2.22. The predicted octanol–water partition coefficient (Wildman–Crippen LogP) is 2.38. The van der Waals surface area contributed by atoms with Gasteiger partial charge in [-0.05, 0) is 37.6 Å². The molecule has 0 unspecified atom stereocenters. The second kappa shape index (κ2) is 4.59. The van der Waals surface area contributed by atoms with Crippen LogP contribution in [0.15, 0.2) is 27.6 Å². The smallest absolute Gasteiger partial charge is 0.244 e. The van der Waals surface area contributed by atoms with Gasteiger partial charge in [0.1, 0.15) is 0 Å². The zero-order chi connectivity index (χ0) is 13.6. The fourth-order valence-electron chi connectivity index (χ4n) is 2.25. The van der Waals surface area contributed by atoms with Crippen molar-refractivity contribution in [2.45, 2.75) is 30.8 Å². The molecule has 0 fully saturated rings. The molecular formula is C12H16BrNO3S. The number of hydrogen-bond donors (Lipinski definition) is 0.